The number of imidazole rings is 1. The number of nitrogens with zero attached hydrogens (tertiary/aromatic N) is 1. The van der Waals surface area contributed by atoms with Gasteiger partial charge in [-0.05, 0) is 31.5 Å². The zero-order valence-electron chi connectivity index (χ0n) is 12.3. The molecule has 0 spiro atoms. The Morgan fingerprint density at radius 3 is 3.00 bits per heavy atom. The van der Waals surface area contributed by atoms with Crippen LogP contribution in [-0.4, -0.2) is 21.9 Å². The SMILES string of the molecule is CCCCCCC(C)NC(=O)c1ccc2nc[nH]c2c1. The average Bonchev–Trinajstić information content (AvgIpc) is 2.90. The summed E-state index contributed by atoms with van der Waals surface area (Å²) in [5, 5.41) is 3.06. The normalized spacial score (nSPS) is 12.5. The Kier molecular flexibility index (Phi) is 5.16. The highest BCUT2D eigenvalue weighted by Gasteiger charge is 2.10. The van der Waals surface area contributed by atoms with Crippen molar-refractivity contribution < 1.29 is 4.79 Å². The zero-order chi connectivity index (χ0) is 14.4. The molecule has 0 bridgehead atoms. The summed E-state index contributed by atoms with van der Waals surface area (Å²) < 4.78 is 0. The highest BCUT2D eigenvalue weighted by atomic mass is 16.1. The Hall–Kier alpha value is -1.84. The molecule has 0 aliphatic rings. The van der Waals surface area contributed by atoms with Crippen molar-refractivity contribution in [3.8, 4) is 0 Å². The van der Waals surface area contributed by atoms with Gasteiger partial charge in [-0.25, -0.2) is 4.98 Å². The Bertz CT molecular complexity index is 562. The van der Waals surface area contributed by atoms with Gasteiger partial charge in [0.2, 0.25) is 0 Å². The fourth-order valence-corrected chi connectivity index (χ4v) is 2.33. The van der Waals surface area contributed by atoms with E-state index in [-0.39, 0.29) is 11.9 Å². The Morgan fingerprint density at radius 1 is 1.35 bits per heavy atom. The van der Waals surface area contributed by atoms with Crippen molar-refractivity contribution in [1.82, 2.24) is 15.3 Å². The number of rotatable bonds is 7. The summed E-state index contributed by atoms with van der Waals surface area (Å²) in [5.74, 6) is -0.00973. The van der Waals surface area contributed by atoms with Gasteiger partial charge in [0.05, 0.1) is 17.4 Å². The molecule has 1 unspecified atom stereocenters. The number of fused-ring (bicyclic) bond motifs is 1. The third kappa shape index (κ3) is 3.83. The molecule has 1 amide bonds. The largest absolute Gasteiger partial charge is 0.350 e. The first-order valence-electron chi connectivity index (χ1n) is 7.44. The molecule has 108 valence electrons. The summed E-state index contributed by atoms with van der Waals surface area (Å²) in [6.07, 6.45) is 7.62. The molecule has 1 aromatic heterocycles. The van der Waals surface area contributed by atoms with Crippen LogP contribution in [0.2, 0.25) is 0 Å². The lowest BCUT2D eigenvalue weighted by molar-refractivity contribution is 0.0938. The molecule has 2 N–H and O–H groups in total. The molecule has 0 saturated heterocycles. The van der Waals surface area contributed by atoms with Gasteiger partial charge in [-0.1, -0.05) is 32.6 Å². The number of benzene rings is 1. The van der Waals surface area contributed by atoms with Gasteiger partial charge in [0.1, 0.15) is 0 Å². The molecule has 0 saturated carbocycles. The number of aromatic amines is 1. The second-order valence-corrected chi connectivity index (χ2v) is 5.36. The quantitative estimate of drug-likeness (QED) is 0.756. The van der Waals surface area contributed by atoms with Crippen LogP contribution < -0.4 is 5.32 Å². The monoisotopic (exact) mass is 273 g/mol. The van der Waals surface area contributed by atoms with E-state index in [1.807, 2.05) is 18.2 Å². The molecule has 0 radical (unpaired) electrons. The first-order chi connectivity index (χ1) is 9.70. The third-order valence-corrected chi connectivity index (χ3v) is 3.55. The number of nitrogens with one attached hydrogen (secondary N) is 2. The van der Waals surface area contributed by atoms with Crippen LogP contribution >= 0.6 is 0 Å². The van der Waals surface area contributed by atoms with Gasteiger partial charge in [0.15, 0.2) is 0 Å². The van der Waals surface area contributed by atoms with Crippen LogP contribution in [0.25, 0.3) is 11.0 Å². The standard InChI is InChI=1S/C16H23N3O/c1-3-4-5-6-7-12(2)19-16(20)13-8-9-14-15(10-13)18-11-17-14/h8-12H,3-7H2,1-2H3,(H,17,18)(H,19,20). The molecular formula is C16H23N3O. The Balaban J connectivity index is 1.87. The number of aromatic nitrogens is 2. The van der Waals surface area contributed by atoms with Crippen molar-refractivity contribution >= 4 is 16.9 Å². The highest BCUT2D eigenvalue weighted by Crippen LogP contribution is 2.12. The smallest absolute Gasteiger partial charge is 0.251 e. The molecule has 0 aliphatic heterocycles. The van der Waals surface area contributed by atoms with Crippen molar-refractivity contribution in [2.24, 2.45) is 0 Å². The fourth-order valence-electron chi connectivity index (χ4n) is 2.33. The molecule has 20 heavy (non-hydrogen) atoms. The van der Waals surface area contributed by atoms with Gasteiger partial charge in [-0.15, -0.1) is 0 Å². The van der Waals surface area contributed by atoms with Crippen molar-refractivity contribution in [3.05, 3.63) is 30.1 Å². The van der Waals surface area contributed by atoms with Crippen LogP contribution in [0.3, 0.4) is 0 Å². The summed E-state index contributed by atoms with van der Waals surface area (Å²) in [5.41, 5.74) is 2.46. The summed E-state index contributed by atoms with van der Waals surface area (Å²) in [6, 6.07) is 5.76. The lowest BCUT2D eigenvalue weighted by Crippen LogP contribution is -2.32. The van der Waals surface area contributed by atoms with Gasteiger partial charge in [0.25, 0.3) is 5.91 Å². The molecule has 1 atom stereocenters. The maximum atomic E-state index is 12.2. The van der Waals surface area contributed by atoms with E-state index in [2.05, 4.69) is 29.1 Å². The molecule has 2 aromatic rings. The second-order valence-electron chi connectivity index (χ2n) is 5.36. The van der Waals surface area contributed by atoms with Crippen LogP contribution in [0.5, 0.6) is 0 Å². The van der Waals surface area contributed by atoms with Gasteiger partial charge < -0.3 is 10.3 Å². The first-order valence-corrected chi connectivity index (χ1v) is 7.44. The topological polar surface area (TPSA) is 57.8 Å². The molecule has 0 fully saturated rings. The number of carbonyl (C=O) groups excluding carboxylic acids is 1. The van der Waals surface area contributed by atoms with E-state index in [4.69, 9.17) is 0 Å². The minimum atomic E-state index is -0.00973. The van der Waals surface area contributed by atoms with E-state index in [1.165, 1.54) is 25.7 Å². The van der Waals surface area contributed by atoms with Crippen LogP contribution in [0.15, 0.2) is 24.5 Å². The van der Waals surface area contributed by atoms with Crippen molar-refractivity contribution in [2.75, 3.05) is 0 Å². The summed E-state index contributed by atoms with van der Waals surface area (Å²) >= 11 is 0. The lowest BCUT2D eigenvalue weighted by atomic mass is 10.1. The van der Waals surface area contributed by atoms with E-state index in [0.29, 0.717) is 5.56 Å². The Labute approximate surface area is 120 Å². The van der Waals surface area contributed by atoms with E-state index in [0.717, 1.165) is 17.5 Å². The van der Waals surface area contributed by atoms with Crippen LogP contribution in [0.1, 0.15) is 56.3 Å². The van der Waals surface area contributed by atoms with E-state index in [1.54, 1.807) is 6.33 Å². The van der Waals surface area contributed by atoms with Crippen LogP contribution in [-0.2, 0) is 0 Å². The van der Waals surface area contributed by atoms with Crippen molar-refractivity contribution in [2.45, 2.75) is 52.0 Å². The number of carbonyl (C=O) groups is 1. The highest BCUT2D eigenvalue weighted by molar-refractivity contribution is 5.97. The maximum absolute atomic E-state index is 12.2. The maximum Gasteiger partial charge on any atom is 0.251 e. The number of hydrogen-bond donors (Lipinski definition) is 2. The first kappa shape index (κ1) is 14.6. The third-order valence-electron chi connectivity index (χ3n) is 3.55. The molecule has 2 rings (SSSR count). The molecule has 1 aromatic carbocycles. The fraction of sp³-hybridized carbons (Fsp3) is 0.500. The summed E-state index contributed by atoms with van der Waals surface area (Å²) in [4.78, 5) is 19.3. The van der Waals surface area contributed by atoms with Gasteiger partial charge in [-0.2, -0.15) is 0 Å². The second kappa shape index (κ2) is 7.08. The molecule has 4 heteroatoms. The van der Waals surface area contributed by atoms with Crippen LogP contribution in [0.4, 0.5) is 0 Å². The van der Waals surface area contributed by atoms with Gasteiger partial charge in [-0.3, -0.25) is 4.79 Å². The molecule has 0 aliphatic carbocycles. The average molecular weight is 273 g/mol. The lowest BCUT2D eigenvalue weighted by Gasteiger charge is -2.13. The molecular weight excluding hydrogens is 250 g/mol. The molecule has 4 nitrogen and oxygen atoms in total. The Morgan fingerprint density at radius 2 is 2.20 bits per heavy atom. The van der Waals surface area contributed by atoms with Crippen molar-refractivity contribution in [3.63, 3.8) is 0 Å². The zero-order valence-corrected chi connectivity index (χ0v) is 12.3. The van der Waals surface area contributed by atoms with Crippen molar-refractivity contribution in [1.29, 1.82) is 0 Å². The predicted molar refractivity (Wildman–Crippen MR) is 81.8 cm³/mol. The number of amides is 1. The number of H-pyrrole nitrogens is 1. The minimum Gasteiger partial charge on any atom is -0.350 e. The van der Waals surface area contributed by atoms with E-state index < -0.39 is 0 Å². The summed E-state index contributed by atoms with van der Waals surface area (Å²) in [6.45, 7) is 4.27. The van der Waals surface area contributed by atoms with E-state index in [9.17, 15) is 4.79 Å². The number of unbranched alkanes of at least 4 members (excludes halogenated alkanes) is 3. The van der Waals surface area contributed by atoms with E-state index >= 15 is 0 Å². The predicted octanol–water partition coefficient (Wildman–Crippen LogP) is 3.65. The van der Waals surface area contributed by atoms with Gasteiger partial charge >= 0.3 is 0 Å². The van der Waals surface area contributed by atoms with Gasteiger partial charge in [0, 0.05) is 11.6 Å². The van der Waals surface area contributed by atoms with Crippen LogP contribution in [0, 0.1) is 0 Å². The summed E-state index contributed by atoms with van der Waals surface area (Å²) in [7, 11) is 0. The minimum absolute atomic E-state index is 0.00973. The number of hydrogen-bond acceptors (Lipinski definition) is 2. The molecule has 1 heterocycles.